The summed E-state index contributed by atoms with van der Waals surface area (Å²) in [6.45, 7) is 4.13. The first kappa shape index (κ1) is 17.8. The molecule has 132 valence electrons. The molecule has 1 aliphatic rings. The Labute approximate surface area is 154 Å². The van der Waals surface area contributed by atoms with Gasteiger partial charge in [0.25, 0.3) is 0 Å². The molecule has 3 rings (SSSR count). The van der Waals surface area contributed by atoms with Crippen molar-refractivity contribution >= 4 is 23.0 Å². The van der Waals surface area contributed by atoms with E-state index in [0.717, 1.165) is 12.2 Å². The smallest absolute Gasteiger partial charge is 0.171 e. The third-order valence-corrected chi connectivity index (χ3v) is 4.68. The van der Waals surface area contributed by atoms with Crippen molar-refractivity contribution < 1.29 is 4.39 Å². The Hall–Kier alpha value is -1.98. The van der Waals surface area contributed by atoms with Gasteiger partial charge in [0.2, 0.25) is 0 Å². The van der Waals surface area contributed by atoms with E-state index in [1.165, 1.54) is 55.6 Å². The molecule has 2 aromatic carbocycles. The molecule has 0 amide bonds. The van der Waals surface area contributed by atoms with Crippen LogP contribution in [0.5, 0.6) is 0 Å². The second-order valence-corrected chi connectivity index (χ2v) is 6.88. The highest BCUT2D eigenvalue weighted by Gasteiger charge is 2.10. The van der Waals surface area contributed by atoms with Gasteiger partial charge in [-0.05, 0) is 73.5 Å². The third kappa shape index (κ3) is 5.80. The molecule has 1 heterocycles. The van der Waals surface area contributed by atoms with Crippen LogP contribution < -0.4 is 10.6 Å². The number of thiocarbonyl (C=S) groups is 1. The zero-order valence-corrected chi connectivity index (χ0v) is 15.1. The van der Waals surface area contributed by atoms with Gasteiger partial charge in [0.1, 0.15) is 5.82 Å². The van der Waals surface area contributed by atoms with Crippen LogP contribution in [-0.4, -0.2) is 23.1 Å². The Balaban J connectivity index is 1.44. The van der Waals surface area contributed by atoms with Gasteiger partial charge in [-0.2, -0.15) is 0 Å². The van der Waals surface area contributed by atoms with Crippen LogP contribution in [0.1, 0.15) is 30.4 Å². The van der Waals surface area contributed by atoms with Crippen molar-refractivity contribution in [2.45, 2.75) is 32.4 Å². The van der Waals surface area contributed by atoms with E-state index in [9.17, 15) is 4.39 Å². The zero-order valence-electron chi connectivity index (χ0n) is 14.3. The summed E-state index contributed by atoms with van der Waals surface area (Å²) in [5.41, 5.74) is 3.32. The number of anilines is 1. The standard InChI is InChI=1S/C20H24FN3S/c21-18-8-10-19(11-9-18)23-20(25)22-14-16-4-6-17(7-5-16)15-24-12-2-1-3-13-24/h4-11H,1-3,12-15H2,(H2,22,23,25). The van der Waals surface area contributed by atoms with Crippen molar-refractivity contribution in [2.24, 2.45) is 0 Å². The summed E-state index contributed by atoms with van der Waals surface area (Å²) in [4.78, 5) is 2.53. The maximum Gasteiger partial charge on any atom is 0.171 e. The first-order valence-corrected chi connectivity index (χ1v) is 9.20. The molecule has 1 fully saturated rings. The fourth-order valence-corrected chi connectivity index (χ4v) is 3.22. The van der Waals surface area contributed by atoms with Gasteiger partial charge in [0.05, 0.1) is 0 Å². The van der Waals surface area contributed by atoms with E-state index in [1.54, 1.807) is 12.1 Å². The predicted molar refractivity (Wildman–Crippen MR) is 105 cm³/mol. The molecule has 2 aromatic rings. The molecule has 3 nitrogen and oxygen atoms in total. The third-order valence-electron chi connectivity index (χ3n) is 4.43. The van der Waals surface area contributed by atoms with E-state index in [4.69, 9.17) is 12.2 Å². The highest BCUT2D eigenvalue weighted by Crippen LogP contribution is 2.14. The minimum absolute atomic E-state index is 0.255. The Morgan fingerprint density at radius 1 is 0.920 bits per heavy atom. The molecular weight excluding hydrogens is 333 g/mol. The number of halogens is 1. The molecule has 1 saturated heterocycles. The molecule has 0 spiro atoms. The van der Waals surface area contributed by atoms with Crippen molar-refractivity contribution in [3.8, 4) is 0 Å². The van der Waals surface area contributed by atoms with Gasteiger partial charge in [0, 0.05) is 18.8 Å². The minimum Gasteiger partial charge on any atom is -0.358 e. The van der Waals surface area contributed by atoms with E-state index >= 15 is 0 Å². The Kier molecular flexibility index (Phi) is 6.36. The van der Waals surface area contributed by atoms with Crippen molar-refractivity contribution in [2.75, 3.05) is 18.4 Å². The van der Waals surface area contributed by atoms with Crippen LogP contribution in [0.4, 0.5) is 10.1 Å². The van der Waals surface area contributed by atoms with Gasteiger partial charge < -0.3 is 10.6 Å². The summed E-state index contributed by atoms with van der Waals surface area (Å²) in [7, 11) is 0. The highest BCUT2D eigenvalue weighted by atomic mass is 32.1. The second kappa shape index (κ2) is 8.92. The van der Waals surface area contributed by atoms with Gasteiger partial charge in [-0.25, -0.2) is 4.39 Å². The number of piperidine rings is 1. The lowest BCUT2D eigenvalue weighted by Crippen LogP contribution is -2.29. The number of nitrogens with one attached hydrogen (secondary N) is 2. The summed E-state index contributed by atoms with van der Waals surface area (Å²) < 4.78 is 12.9. The Bertz CT molecular complexity index is 679. The van der Waals surface area contributed by atoms with Gasteiger partial charge in [0.15, 0.2) is 5.11 Å². The molecular formula is C20H24FN3S. The molecule has 2 N–H and O–H groups in total. The number of hydrogen-bond donors (Lipinski definition) is 2. The van der Waals surface area contributed by atoms with Crippen molar-refractivity contribution in [3.05, 3.63) is 65.5 Å². The van der Waals surface area contributed by atoms with Crippen LogP contribution in [-0.2, 0) is 13.1 Å². The molecule has 0 bridgehead atoms. The summed E-state index contributed by atoms with van der Waals surface area (Å²) in [5.74, 6) is -0.255. The van der Waals surface area contributed by atoms with Crippen LogP contribution in [0, 0.1) is 5.82 Å². The number of hydrogen-bond acceptors (Lipinski definition) is 2. The fourth-order valence-electron chi connectivity index (χ4n) is 3.03. The predicted octanol–water partition coefficient (Wildman–Crippen LogP) is 4.30. The second-order valence-electron chi connectivity index (χ2n) is 6.47. The molecule has 0 atom stereocenters. The summed E-state index contributed by atoms with van der Waals surface area (Å²) in [6.07, 6.45) is 4.01. The molecule has 0 saturated carbocycles. The maximum absolute atomic E-state index is 12.9. The molecule has 5 heteroatoms. The summed E-state index contributed by atoms with van der Waals surface area (Å²) in [6, 6.07) is 14.8. The van der Waals surface area contributed by atoms with Crippen LogP contribution in [0.3, 0.4) is 0 Å². The molecule has 0 aliphatic carbocycles. The Morgan fingerprint density at radius 3 is 2.24 bits per heavy atom. The van der Waals surface area contributed by atoms with E-state index in [2.05, 4.69) is 39.8 Å². The average Bonchev–Trinajstić information content (AvgIpc) is 2.64. The van der Waals surface area contributed by atoms with Crippen LogP contribution >= 0.6 is 12.2 Å². The van der Waals surface area contributed by atoms with Crippen molar-refractivity contribution in [1.29, 1.82) is 0 Å². The minimum atomic E-state index is -0.255. The number of likely N-dealkylation sites (tertiary alicyclic amines) is 1. The first-order valence-electron chi connectivity index (χ1n) is 8.80. The van der Waals surface area contributed by atoms with E-state index in [-0.39, 0.29) is 5.82 Å². The lowest BCUT2D eigenvalue weighted by Gasteiger charge is -2.26. The van der Waals surface area contributed by atoms with Gasteiger partial charge >= 0.3 is 0 Å². The van der Waals surface area contributed by atoms with Gasteiger partial charge in [-0.1, -0.05) is 30.7 Å². The van der Waals surface area contributed by atoms with E-state index in [1.807, 2.05) is 0 Å². The first-order chi connectivity index (χ1) is 12.2. The summed E-state index contributed by atoms with van der Waals surface area (Å²) in [5, 5.41) is 6.76. The van der Waals surface area contributed by atoms with Crippen LogP contribution in [0.15, 0.2) is 48.5 Å². The molecule has 0 unspecified atom stereocenters. The molecule has 0 aromatic heterocycles. The summed E-state index contributed by atoms with van der Waals surface area (Å²) >= 11 is 5.28. The van der Waals surface area contributed by atoms with E-state index < -0.39 is 0 Å². The lowest BCUT2D eigenvalue weighted by molar-refractivity contribution is 0.221. The van der Waals surface area contributed by atoms with E-state index in [0.29, 0.717) is 11.7 Å². The normalized spacial score (nSPS) is 14.9. The largest absolute Gasteiger partial charge is 0.358 e. The monoisotopic (exact) mass is 357 g/mol. The maximum atomic E-state index is 12.9. The topological polar surface area (TPSA) is 27.3 Å². The quantitative estimate of drug-likeness (QED) is 0.780. The van der Waals surface area contributed by atoms with Crippen molar-refractivity contribution in [1.82, 2.24) is 10.2 Å². The average molecular weight is 357 g/mol. The van der Waals surface area contributed by atoms with Crippen molar-refractivity contribution in [3.63, 3.8) is 0 Å². The molecule has 25 heavy (non-hydrogen) atoms. The van der Waals surface area contributed by atoms with Crippen LogP contribution in [0.25, 0.3) is 0 Å². The zero-order chi connectivity index (χ0) is 17.5. The Morgan fingerprint density at radius 2 is 1.56 bits per heavy atom. The van der Waals surface area contributed by atoms with Crippen LogP contribution in [0.2, 0.25) is 0 Å². The molecule has 0 radical (unpaired) electrons. The highest BCUT2D eigenvalue weighted by molar-refractivity contribution is 7.80. The lowest BCUT2D eigenvalue weighted by atomic mass is 10.1. The number of nitrogens with zero attached hydrogens (tertiary/aromatic N) is 1. The van der Waals surface area contributed by atoms with Gasteiger partial charge in [-0.15, -0.1) is 0 Å². The SMILES string of the molecule is Fc1ccc(NC(=S)NCc2ccc(CN3CCCCC3)cc2)cc1. The van der Waals surface area contributed by atoms with Gasteiger partial charge in [-0.3, -0.25) is 4.90 Å². The molecule has 1 aliphatic heterocycles. The fraction of sp³-hybridized carbons (Fsp3) is 0.350. The number of rotatable bonds is 5. The number of benzene rings is 2.